The van der Waals surface area contributed by atoms with Gasteiger partial charge in [-0.2, -0.15) is 0 Å². The molecular formula is C9H6N3S. The Bertz CT molecular complexity index is 381. The molecule has 13 heavy (non-hydrogen) atoms. The monoisotopic (exact) mass is 188 g/mol. The molecule has 1 radical (unpaired) electrons. The van der Waals surface area contributed by atoms with Crippen molar-refractivity contribution in [3.05, 3.63) is 41.9 Å². The van der Waals surface area contributed by atoms with E-state index in [4.69, 9.17) is 0 Å². The second kappa shape index (κ2) is 3.91. The van der Waals surface area contributed by atoms with Crippen LogP contribution in [0.2, 0.25) is 0 Å². The summed E-state index contributed by atoms with van der Waals surface area (Å²) in [6.07, 6.45) is 1.57. The van der Waals surface area contributed by atoms with Crippen molar-refractivity contribution in [2.45, 2.75) is 0 Å². The summed E-state index contributed by atoms with van der Waals surface area (Å²) < 4.78 is 0. The lowest BCUT2D eigenvalue weighted by atomic mass is 10.5. The van der Waals surface area contributed by atoms with E-state index in [2.05, 4.69) is 21.3 Å². The lowest BCUT2D eigenvalue weighted by molar-refractivity contribution is 1.16. The van der Waals surface area contributed by atoms with Gasteiger partial charge in [0.25, 0.3) is 0 Å². The Morgan fingerprint density at radius 2 is 2.31 bits per heavy atom. The highest BCUT2D eigenvalue weighted by molar-refractivity contribution is 7.13. The van der Waals surface area contributed by atoms with Gasteiger partial charge in [0.1, 0.15) is 5.00 Å². The molecule has 3 nitrogen and oxygen atoms in total. The van der Waals surface area contributed by atoms with Crippen molar-refractivity contribution in [2.24, 2.45) is 10.2 Å². The highest BCUT2D eigenvalue weighted by Gasteiger charge is 1.89. The van der Waals surface area contributed by atoms with Crippen LogP contribution in [-0.4, -0.2) is 4.98 Å². The summed E-state index contributed by atoms with van der Waals surface area (Å²) in [6.45, 7) is 0. The molecule has 0 saturated carbocycles. The van der Waals surface area contributed by atoms with Gasteiger partial charge in [-0.3, -0.25) is 0 Å². The van der Waals surface area contributed by atoms with Crippen molar-refractivity contribution in [1.29, 1.82) is 0 Å². The maximum absolute atomic E-state index is 4.00. The lowest BCUT2D eigenvalue weighted by Crippen LogP contribution is -1.68. The van der Waals surface area contributed by atoms with E-state index in [0.29, 0.717) is 5.82 Å². The highest BCUT2D eigenvalue weighted by Crippen LogP contribution is 2.21. The summed E-state index contributed by atoms with van der Waals surface area (Å²) in [7, 11) is 0. The fourth-order valence-electron chi connectivity index (χ4n) is 0.799. The van der Waals surface area contributed by atoms with E-state index >= 15 is 0 Å². The van der Waals surface area contributed by atoms with Gasteiger partial charge in [0.05, 0.1) is 0 Å². The SMILES string of the molecule is [c]1ccc(N=Nc2cccs2)nc1. The minimum absolute atomic E-state index is 0.604. The van der Waals surface area contributed by atoms with E-state index in [1.165, 1.54) is 0 Å². The molecule has 0 amide bonds. The molecule has 0 aliphatic rings. The third-order valence-electron chi connectivity index (χ3n) is 1.36. The standard InChI is InChI=1S/C9H6N3S/c1-2-6-10-8(4-1)11-12-9-5-3-7-13-9/h1,3-7H. The molecule has 0 aliphatic heterocycles. The van der Waals surface area contributed by atoms with E-state index in [0.717, 1.165) is 5.00 Å². The van der Waals surface area contributed by atoms with Gasteiger partial charge in [0, 0.05) is 12.3 Å². The van der Waals surface area contributed by atoms with Gasteiger partial charge < -0.3 is 0 Å². The Morgan fingerprint density at radius 3 is 3.00 bits per heavy atom. The number of thiophene rings is 1. The summed E-state index contributed by atoms with van der Waals surface area (Å²) in [4.78, 5) is 3.97. The van der Waals surface area contributed by atoms with Crippen LogP contribution in [0.4, 0.5) is 10.8 Å². The topological polar surface area (TPSA) is 37.6 Å². The van der Waals surface area contributed by atoms with Crippen LogP contribution in [0.1, 0.15) is 0 Å². The fraction of sp³-hybridized carbons (Fsp3) is 0. The quantitative estimate of drug-likeness (QED) is 0.666. The molecule has 0 atom stereocenters. The predicted molar refractivity (Wildman–Crippen MR) is 51.6 cm³/mol. The Morgan fingerprint density at radius 1 is 1.31 bits per heavy atom. The molecule has 2 aromatic heterocycles. The molecule has 0 fully saturated rings. The lowest BCUT2D eigenvalue weighted by Gasteiger charge is -1.86. The van der Waals surface area contributed by atoms with E-state index in [-0.39, 0.29) is 0 Å². The minimum atomic E-state index is 0.604. The first-order chi connectivity index (χ1) is 6.45. The second-order valence-electron chi connectivity index (χ2n) is 2.27. The van der Waals surface area contributed by atoms with Crippen molar-refractivity contribution in [3.63, 3.8) is 0 Å². The Kier molecular flexibility index (Phi) is 2.43. The molecule has 2 rings (SSSR count). The molecule has 63 valence electrons. The normalized spacial score (nSPS) is 10.8. The smallest absolute Gasteiger partial charge is 0.174 e. The van der Waals surface area contributed by atoms with Gasteiger partial charge in [-0.05, 0) is 29.6 Å². The number of azo groups is 1. The van der Waals surface area contributed by atoms with Crippen LogP contribution in [0.5, 0.6) is 0 Å². The average Bonchev–Trinajstić information content (AvgIpc) is 2.69. The molecule has 0 saturated heterocycles. The van der Waals surface area contributed by atoms with Gasteiger partial charge in [-0.25, -0.2) is 4.98 Å². The largest absolute Gasteiger partial charge is 0.235 e. The van der Waals surface area contributed by atoms with Crippen molar-refractivity contribution >= 4 is 22.2 Å². The second-order valence-corrected chi connectivity index (χ2v) is 3.19. The maximum Gasteiger partial charge on any atom is 0.174 e. The van der Waals surface area contributed by atoms with Crippen molar-refractivity contribution in [2.75, 3.05) is 0 Å². The molecule has 0 bridgehead atoms. The summed E-state index contributed by atoms with van der Waals surface area (Å²) in [5.41, 5.74) is 0. The molecule has 2 aromatic rings. The van der Waals surface area contributed by atoms with Crippen LogP contribution in [-0.2, 0) is 0 Å². The van der Waals surface area contributed by atoms with Gasteiger partial charge in [0.15, 0.2) is 5.82 Å². The van der Waals surface area contributed by atoms with Gasteiger partial charge >= 0.3 is 0 Å². The number of hydrogen-bond donors (Lipinski definition) is 0. The third kappa shape index (κ3) is 2.19. The third-order valence-corrected chi connectivity index (χ3v) is 2.11. The van der Waals surface area contributed by atoms with Crippen LogP contribution < -0.4 is 0 Å². The van der Waals surface area contributed by atoms with Gasteiger partial charge in [0.2, 0.25) is 0 Å². The van der Waals surface area contributed by atoms with Crippen LogP contribution in [0, 0.1) is 6.07 Å². The average molecular weight is 188 g/mol. The zero-order valence-electron chi connectivity index (χ0n) is 6.71. The molecule has 0 N–H and O–H groups in total. The van der Waals surface area contributed by atoms with Crippen LogP contribution >= 0.6 is 11.3 Å². The van der Waals surface area contributed by atoms with Gasteiger partial charge in [-0.15, -0.1) is 21.6 Å². The van der Waals surface area contributed by atoms with Crippen LogP contribution in [0.25, 0.3) is 0 Å². The van der Waals surface area contributed by atoms with Crippen molar-refractivity contribution < 1.29 is 0 Å². The number of pyridine rings is 1. The highest BCUT2D eigenvalue weighted by atomic mass is 32.1. The zero-order valence-corrected chi connectivity index (χ0v) is 7.53. The summed E-state index contributed by atoms with van der Waals surface area (Å²) >= 11 is 1.55. The van der Waals surface area contributed by atoms with E-state index in [1.807, 2.05) is 17.5 Å². The number of aromatic nitrogens is 1. The number of hydrogen-bond acceptors (Lipinski definition) is 4. The summed E-state index contributed by atoms with van der Waals surface area (Å²) in [6, 6.07) is 10.2. The van der Waals surface area contributed by atoms with E-state index in [1.54, 1.807) is 29.7 Å². The van der Waals surface area contributed by atoms with Crippen molar-refractivity contribution in [1.82, 2.24) is 4.98 Å². The zero-order chi connectivity index (χ0) is 8.93. The molecule has 0 spiro atoms. The van der Waals surface area contributed by atoms with Crippen molar-refractivity contribution in [3.8, 4) is 0 Å². The van der Waals surface area contributed by atoms with E-state index < -0.39 is 0 Å². The number of rotatable bonds is 2. The molecular weight excluding hydrogens is 182 g/mol. The molecule has 2 heterocycles. The molecule has 0 aromatic carbocycles. The fourth-order valence-corrected chi connectivity index (χ4v) is 1.34. The molecule has 0 unspecified atom stereocenters. The number of nitrogens with zero attached hydrogens (tertiary/aromatic N) is 3. The van der Waals surface area contributed by atoms with Crippen LogP contribution in [0.3, 0.4) is 0 Å². The Balaban J connectivity index is 2.15. The van der Waals surface area contributed by atoms with E-state index in [9.17, 15) is 0 Å². The first-order valence-electron chi connectivity index (χ1n) is 3.72. The Hall–Kier alpha value is -1.55. The minimum Gasteiger partial charge on any atom is -0.235 e. The summed E-state index contributed by atoms with van der Waals surface area (Å²) in [5, 5.41) is 10.8. The first-order valence-corrected chi connectivity index (χ1v) is 4.60. The Labute approximate surface area is 79.8 Å². The first kappa shape index (κ1) is 8.07. The molecule has 4 heteroatoms. The predicted octanol–water partition coefficient (Wildman–Crippen LogP) is 3.36. The van der Waals surface area contributed by atoms with Crippen LogP contribution in [0.15, 0.2) is 46.1 Å². The maximum atomic E-state index is 4.00. The molecule has 0 aliphatic carbocycles. The van der Waals surface area contributed by atoms with Gasteiger partial charge in [-0.1, -0.05) is 0 Å². The summed E-state index contributed by atoms with van der Waals surface area (Å²) in [5.74, 6) is 0.604.